The number of fused-ring (bicyclic) bond motifs is 3. The first-order chi connectivity index (χ1) is 10.8. The van der Waals surface area contributed by atoms with Gasteiger partial charge in [-0.05, 0) is 33.9 Å². The summed E-state index contributed by atoms with van der Waals surface area (Å²) in [5.74, 6) is 0. The summed E-state index contributed by atoms with van der Waals surface area (Å²) in [7, 11) is 0. The van der Waals surface area contributed by atoms with E-state index in [0.29, 0.717) is 0 Å². The van der Waals surface area contributed by atoms with Crippen LogP contribution in [0.2, 0.25) is 0 Å². The standard InChI is InChI=1S/C13H11N.C7H8O/c14-13-7-3-6-11-10-5-2-1-4-9(10)8-12(11)13;8-6-7-4-2-1-3-5-7/h1-7H,8,14H2;1-5,8H,6H2. The molecule has 2 heteroatoms. The van der Waals surface area contributed by atoms with Crippen LogP contribution in [0, 0.1) is 0 Å². The molecule has 0 bridgehead atoms. The molecular weight excluding hydrogens is 270 g/mol. The molecule has 0 saturated carbocycles. The van der Waals surface area contributed by atoms with Gasteiger partial charge in [-0.1, -0.05) is 66.7 Å². The number of anilines is 1. The molecule has 22 heavy (non-hydrogen) atoms. The highest BCUT2D eigenvalue weighted by molar-refractivity contribution is 5.81. The van der Waals surface area contributed by atoms with Crippen LogP contribution < -0.4 is 5.73 Å². The fourth-order valence-corrected chi connectivity index (χ4v) is 2.77. The quantitative estimate of drug-likeness (QED) is 0.520. The third-order valence-electron chi connectivity index (χ3n) is 3.91. The van der Waals surface area contributed by atoms with Gasteiger partial charge in [0.2, 0.25) is 0 Å². The molecule has 110 valence electrons. The van der Waals surface area contributed by atoms with E-state index in [0.717, 1.165) is 17.7 Å². The Labute approximate surface area is 130 Å². The molecule has 0 atom stereocenters. The van der Waals surface area contributed by atoms with Crippen LogP contribution in [-0.4, -0.2) is 5.11 Å². The van der Waals surface area contributed by atoms with Crippen LogP contribution >= 0.6 is 0 Å². The van der Waals surface area contributed by atoms with Crippen LogP contribution in [0.3, 0.4) is 0 Å². The van der Waals surface area contributed by atoms with E-state index in [1.54, 1.807) is 0 Å². The highest BCUT2D eigenvalue weighted by Crippen LogP contribution is 2.38. The summed E-state index contributed by atoms with van der Waals surface area (Å²) >= 11 is 0. The van der Waals surface area contributed by atoms with Crippen LogP contribution in [0.1, 0.15) is 16.7 Å². The van der Waals surface area contributed by atoms with Crippen molar-refractivity contribution in [2.45, 2.75) is 13.0 Å². The van der Waals surface area contributed by atoms with Crippen LogP contribution in [0.25, 0.3) is 11.1 Å². The van der Waals surface area contributed by atoms with Crippen molar-refractivity contribution in [3.63, 3.8) is 0 Å². The third kappa shape index (κ3) is 2.87. The van der Waals surface area contributed by atoms with Crippen molar-refractivity contribution >= 4 is 5.69 Å². The first-order valence-corrected chi connectivity index (χ1v) is 7.40. The molecule has 0 aliphatic heterocycles. The van der Waals surface area contributed by atoms with Crippen LogP contribution in [0.15, 0.2) is 72.8 Å². The first kappa shape index (κ1) is 14.4. The smallest absolute Gasteiger partial charge is 0.0681 e. The summed E-state index contributed by atoms with van der Waals surface area (Å²) in [4.78, 5) is 0. The van der Waals surface area contributed by atoms with Gasteiger partial charge in [-0.2, -0.15) is 0 Å². The van der Waals surface area contributed by atoms with Gasteiger partial charge in [0.15, 0.2) is 0 Å². The van der Waals surface area contributed by atoms with Gasteiger partial charge in [0, 0.05) is 12.1 Å². The Morgan fingerprint density at radius 2 is 1.45 bits per heavy atom. The van der Waals surface area contributed by atoms with Crippen molar-refractivity contribution in [3.05, 3.63) is 89.5 Å². The number of rotatable bonds is 1. The summed E-state index contributed by atoms with van der Waals surface area (Å²) in [6.45, 7) is 0.140. The zero-order chi connectivity index (χ0) is 15.4. The lowest BCUT2D eigenvalue weighted by Crippen LogP contribution is -1.91. The maximum atomic E-state index is 8.54. The van der Waals surface area contributed by atoms with Gasteiger partial charge in [-0.3, -0.25) is 0 Å². The highest BCUT2D eigenvalue weighted by Gasteiger charge is 2.18. The van der Waals surface area contributed by atoms with Crippen molar-refractivity contribution in [3.8, 4) is 11.1 Å². The van der Waals surface area contributed by atoms with Crippen LogP contribution in [-0.2, 0) is 13.0 Å². The molecule has 0 fully saturated rings. The molecule has 2 nitrogen and oxygen atoms in total. The molecule has 0 spiro atoms. The molecule has 0 radical (unpaired) electrons. The molecule has 0 unspecified atom stereocenters. The average molecular weight is 289 g/mol. The van der Waals surface area contributed by atoms with E-state index < -0.39 is 0 Å². The Balaban J connectivity index is 0.000000154. The fraction of sp³-hybridized carbons (Fsp3) is 0.100. The Morgan fingerprint density at radius 3 is 2.18 bits per heavy atom. The van der Waals surface area contributed by atoms with Crippen molar-refractivity contribution in [1.29, 1.82) is 0 Å². The lowest BCUT2D eigenvalue weighted by Gasteiger charge is -2.02. The molecule has 0 saturated heterocycles. The van der Waals surface area contributed by atoms with Crippen molar-refractivity contribution < 1.29 is 5.11 Å². The topological polar surface area (TPSA) is 46.2 Å². The van der Waals surface area contributed by atoms with Crippen molar-refractivity contribution in [2.24, 2.45) is 0 Å². The number of nitrogens with two attached hydrogens (primary N) is 1. The minimum atomic E-state index is 0.140. The maximum Gasteiger partial charge on any atom is 0.0681 e. The molecule has 0 aromatic heterocycles. The number of hydrogen-bond donors (Lipinski definition) is 2. The second-order valence-electron chi connectivity index (χ2n) is 5.35. The Kier molecular flexibility index (Phi) is 4.22. The molecule has 1 aliphatic carbocycles. The summed E-state index contributed by atoms with van der Waals surface area (Å²) in [5.41, 5.74) is 13.2. The zero-order valence-electron chi connectivity index (χ0n) is 12.4. The van der Waals surface area contributed by atoms with Gasteiger partial charge >= 0.3 is 0 Å². The van der Waals surface area contributed by atoms with E-state index in [1.807, 2.05) is 42.5 Å². The molecule has 0 amide bonds. The van der Waals surface area contributed by atoms with Crippen molar-refractivity contribution in [1.82, 2.24) is 0 Å². The summed E-state index contributed by atoms with van der Waals surface area (Å²) < 4.78 is 0. The summed E-state index contributed by atoms with van der Waals surface area (Å²) in [6, 6.07) is 24.2. The fourth-order valence-electron chi connectivity index (χ4n) is 2.77. The van der Waals surface area contributed by atoms with E-state index in [-0.39, 0.29) is 6.61 Å². The SMILES string of the molecule is Nc1cccc2c1Cc1ccccc1-2.OCc1ccccc1. The van der Waals surface area contributed by atoms with Gasteiger partial charge in [0.25, 0.3) is 0 Å². The number of aliphatic hydroxyl groups is 1. The van der Waals surface area contributed by atoms with Crippen molar-refractivity contribution in [2.75, 3.05) is 5.73 Å². The van der Waals surface area contributed by atoms with Crippen LogP contribution in [0.5, 0.6) is 0 Å². The number of benzene rings is 3. The van der Waals surface area contributed by atoms with Crippen LogP contribution in [0.4, 0.5) is 5.69 Å². The zero-order valence-corrected chi connectivity index (χ0v) is 12.4. The molecule has 0 heterocycles. The maximum absolute atomic E-state index is 8.54. The van der Waals surface area contributed by atoms with Gasteiger partial charge < -0.3 is 10.8 Å². The predicted octanol–water partition coefficient (Wildman–Crippen LogP) is 4.02. The van der Waals surface area contributed by atoms with Gasteiger partial charge in [0.05, 0.1) is 6.61 Å². The minimum absolute atomic E-state index is 0.140. The van der Waals surface area contributed by atoms with E-state index in [9.17, 15) is 0 Å². The number of nitrogen functional groups attached to an aromatic ring is 1. The predicted molar refractivity (Wildman–Crippen MR) is 91.5 cm³/mol. The second kappa shape index (κ2) is 6.46. The molecular formula is C20H19NO. The molecule has 1 aliphatic rings. The van der Waals surface area contributed by atoms with E-state index >= 15 is 0 Å². The highest BCUT2D eigenvalue weighted by atomic mass is 16.3. The van der Waals surface area contributed by atoms with Gasteiger partial charge in [-0.15, -0.1) is 0 Å². The monoisotopic (exact) mass is 289 g/mol. The lowest BCUT2D eigenvalue weighted by atomic mass is 10.1. The third-order valence-corrected chi connectivity index (χ3v) is 3.91. The second-order valence-corrected chi connectivity index (χ2v) is 5.35. The number of hydrogen-bond acceptors (Lipinski definition) is 2. The Hall–Kier alpha value is -2.58. The van der Waals surface area contributed by atoms with Gasteiger partial charge in [-0.25, -0.2) is 0 Å². The van der Waals surface area contributed by atoms with Gasteiger partial charge in [0.1, 0.15) is 0 Å². The summed E-state index contributed by atoms with van der Waals surface area (Å²) in [6.07, 6.45) is 0.984. The Bertz CT molecular complexity index is 766. The molecule has 4 rings (SSSR count). The normalized spacial score (nSPS) is 11.1. The van der Waals surface area contributed by atoms with E-state index in [1.165, 1.54) is 22.3 Å². The van der Waals surface area contributed by atoms with E-state index in [4.69, 9.17) is 10.8 Å². The Morgan fingerprint density at radius 1 is 0.773 bits per heavy atom. The van der Waals surface area contributed by atoms with E-state index in [2.05, 4.69) is 30.3 Å². The minimum Gasteiger partial charge on any atom is -0.398 e. The molecule has 3 aromatic carbocycles. The summed E-state index contributed by atoms with van der Waals surface area (Å²) in [5, 5.41) is 8.54. The molecule has 3 N–H and O–H groups in total. The largest absolute Gasteiger partial charge is 0.398 e. The first-order valence-electron chi connectivity index (χ1n) is 7.40. The average Bonchev–Trinajstić information content (AvgIpc) is 2.97. The molecule has 3 aromatic rings. The lowest BCUT2D eigenvalue weighted by molar-refractivity contribution is 0.282. The number of aliphatic hydroxyl groups excluding tert-OH is 1.